The summed E-state index contributed by atoms with van der Waals surface area (Å²) < 4.78 is 18.5. The maximum absolute atomic E-state index is 13.3. The second kappa shape index (κ2) is 6.48. The number of carbonyl (C=O) groups excluding carboxylic acids is 1. The van der Waals surface area contributed by atoms with Crippen molar-refractivity contribution in [2.24, 2.45) is 0 Å². The molecule has 1 amide bonds. The minimum absolute atomic E-state index is 0.240. The number of rotatable bonds is 4. The number of nitrogens with one attached hydrogen (secondary N) is 1. The van der Waals surface area contributed by atoms with Crippen molar-refractivity contribution in [2.45, 2.75) is 26.8 Å². The van der Waals surface area contributed by atoms with E-state index in [2.05, 4.69) is 20.4 Å². The van der Waals surface area contributed by atoms with Crippen LogP contribution in [0.4, 0.5) is 4.39 Å². The van der Waals surface area contributed by atoms with Crippen molar-refractivity contribution in [1.29, 1.82) is 0 Å². The normalized spacial score (nSPS) is 12.2. The maximum atomic E-state index is 13.3. The molecule has 0 radical (unpaired) electrons. The lowest BCUT2D eigenvalue weighted by Gasteiger charge is -2.08. The Balaban J connectivity index is 1.75. The Bertz CT molecular complexity index is 890. The lowest BCUT2D eigenvalue weighted by molar-refractivity contribution is 0.0936. The molecule has 0 spiro atoms. The van der Waals surface area contributed by atoms with Gasteiger partial charge in [0, 0.05) is 5.56 Å². The van der Waals surface area contributed by atoms with E-state index >= 15 is 0 Å². The monoisotopic (exact) mass is 346 g/mol. The lowest BCUT2D eigenvalue weighted by atomic mass is 10.2. The Morgan fingerprint density at radius 2 is 2.12 bits per heavy atom. The molecule has 1 N–H and O–H groups in total. The summed E-state index contributed by atoms with van der Waals surface area (Å²) in [6, 6.07) is 5.44. The molecule has 0 saturated heterocycles. The third-order valence-electron chi connectivity index (χ3n) is 3.35. The van der Waals surface area contributed by atoms with Crippen LogP contribution in [-0.2, 0) is 0 Å². The molecule has 1 aromatic carbocycles. The summed E-state index contributed by atoms with van der Waals surface area (Å²) in [6.45, 7) is 5.38. The van der Waals surface area contributed by atoms with Gasteiger partial charge in [-0.1, -0.05) is 17.3 Å². The molecule has 2 aromatic heterocycles. The van der Waals surface area contributed by atoms with E-state index in [1.807, 2.05) is 6.92 Å². The Morgan fingerprint density at radius 1 is 1.33 bits per heavy atom. The van der Waals surface area contributed by atoms with E-state index < -0.39 is 6.04 Å². The zero-order valence-electron chi connectivity index (χ0n) is 13.3. The first kappa shape index (κ1) is 16.3. The van der Waals surface area contributed by atoms with Crippen LogP contribution in [0.15, 0.2) is 28.8 Å². The molecule has 2 heterocycles. The summed E-state index contributed by atoms with van der Waals surface area (Å²) in [5.74, 6) is -0.0933. The van der Waals surface area contributed by atoms with Crippen LogP contribution in [0.2, 0.25) is 0 Å². The first-order valence-corrected chi connectivity index (χ1v) is 8.10. The minimum Gasteiger partial charge on any atom is -0.340 e. The van der Waals surface area contributed by atoms with Crippen LogP contribution in [0.25, 0.3) is 11.4 Å². The standard InChI is InChI=1S/C16H15FN4O2S/c1-8-13(24-10(3)18-8)15(22)19-9(2)16-20-14(21-23-16)11-5-4-6-12(17)7-11/h4-7,9H,1-3H3,(H,19,22)/t9-/m1/s1. The van der Waals surface area contributed by atoms with E-state index in [4.69, 9.17) is 4.52 Å². The van der Waals surface area contributed by atoms with Crippen molar-refractivity contribution in [3.8, 4) is 11.4 Å². The first-order chi connectivity index (χ1) is 11.4. The molecule has 6 nitrogen and oxygen atoms in total. The van der Waals surface area contributed by atoms with Crippen molar-refractivity contribution in [1.82, 2.24) is 20.4 Å². The van der Waals surface area contributed by atoms with Gasteiger partial charge in [-0.15, -0.1) is 11.3 Å². The zero-order valence-corrected chi connectivity index (χ0v) is 14.1. The number of aromatic nitrogens is 3. The third kappa shape index (κ3) is 3.33. The van der Waals surface area contributed by atoms with Crippen molar-refractivity contribution < 1.29 is 13.7 Å². The lowest BCUT2D eigenvalue weighted by Crippen LogP contribution is -2.26. The summed E-state index contributed by atoms with van der Waals surface area (Å²) in [6.07, 6.45) is 0. The van der Waals surface area contributed by atoms with Gasteiger partial charge in [0.25, 0.3) is 5.91 Å². The number of hydrogen-bond acceptors (Lipinski definition) is 6. The smallest absolute Gasteiger partial charge is 0.263 e. The van der Waals surface area contributed by atoms with Crippen LogP contribution in [-0.4, -0.2) is 21.0 Å². The van der Waals surface area contributed by atoms with Crippen molar-refractivity contribution in [3.05, 3.63) is 51.6 Å². The van der Waals surface area contributed by atoms with Gasteiger partial charge in [0.2, 0.25) is 11.7 Å². The van der Waals surface area contributed by atoms with Crippen LogP contribution >= 0.6 is 11.3 Å². The van der Waals surface area contributed by atoms with Crippen LogP contribution < -0.4 is 5.32 Å². The summed E-state index contributed by atoms with van der Waals surface area (Å²) in [7, 11) is 0. The second-order valence-corrected chi connectivity index (χ2v) is 6.51. The molecule has 0 aliphatic rings. The van der Waals surface area contributed by atoms with Gasteiger partial charge in [-0.25, -0.2) is 9.37 Å². The summed E-state index contributed by atoms with van der Waals surface area (Å²) >= 11 is 1.33. The van der Waals surface area contributed by atoms with Crippen molar-refractivity contribution in [2.75, 3.05) is 0 Å². The Labute approximate surface area is 141 Å². The fourth-order valence-corrected chi connectivity index (χ4v) is 3.04. The molecule has 3 aromatic rings. The summed E-state index contributed by atoms with van der Waals surface area (Å²) in [5, 5.41) is 7.47. The van der Waals surface area contributed by atoms with Crippen LogP contribution in [0, 0.1) is 19.7 Å². The molecule has 0 unspecified atom stereocenters. The quantitative estimate of drug-likeness (QED) is 0.783. The van der Waals surface area contributed by atoms with E-state index in [0.29, 0.717) is 16.1 Å². The fourth-order valence-electron chi connectivity index (χ4n) is 2.22. The third-order valence-corrected chi connectivity index (χ3v) is 4.42. The molecular weight excluding hydrogens is 331 g/mol. The van der Waals surface area contributed by atoms with Gasteiger partial charge in [-0.3, -0.25) is 4.79 Å². The number of hydrogen-bond donors (Lipinski definition) is 1. The maximum Gasteiger partial charge on any atom is 0.263 e. The molecule has 0 aliphatic heterocycles. The molecule has 1 atom stereocenters. The molecule has 0 bridgehead atoms. The average molecular weight is 346 g/mol. The van der Waals surface area contributed by atoms with Gasteiger partial charge < -0.3 is 9.84 Å². The predicted octanol–water partition coefficient (Wildman–Crippen LogP) is 3.44. The topological polar surface area (TPSA) is 80.9 Å². The van der Waals surface area contributed by atoms with Gasteiger partial charge in [0.05, 0.1) is 10.7 Å². The van der Waals surface area contributed by atoms with Crippen molar-refractivity contribution in [3.63, 3.8) is 0 Å². The number of nitrogens with zero attached hydrogens (tertiary/aromatic N) is 3. The van der Waals surface area contributed by atoms with Crippen LogP contribution in [0.5, 0.6) is 0 Å². The van der Waals surface area contributed by atoms with E-state index in [1.165, 1.54) is 23.5 Å². The Kier molecular flexibility index (Phi) is 4.39. The number of thiazole rings is 1. The largest absolute Gasteiger partial charge is 0.340 e. The Morgan fingerprint density at radius 3 is 2.79 bits per heavy atom. The number of carbonyl (C=O) groups is 1. The minimum atomic E-state index is -0.478. The van der Waals surface area contributed by atoms with E-state index in [9.17, 15) is 9.18 Å². The molecule has 8 heteroatoms. The predicted molar refractivity (Wildman–Crippen MR) is 87.2 cm³/mol. The summed E-state index contributed by atoms with van der Waals surface area (Å²) in [5.41, 5.74) is 1.20. The van der Waals surface area contributed by atoms with Gasteiger partial charge in [-0.05, 0) is 32.9 Å². The highest BCUT2D eigenvalue weighted by atomic mass is 32.1. The van der Waals surface area contributed by atoms with E-state index in [-0.39, 0.29) is 23.4 Å². The van der Waals surface area contributed by atoms with Gasteiger partial charge in [0.1, 0.15) is 16.7 Å². The number of halogens is 1. The summed E-state index contributed by atoms with van der Waals surface area (Å²) in [4.78, 5) is 21.3. The van der Waals surface area contributed by atoms with Crippen LogP contribution in [0.3, 0.4) is 0 Å². The van der Waals surface area contributed by atoms with E-state index in [0.717, 1.165) is 5.01 Å². The highest BCUT2D eigenvalue weighted by Crippen LogP contribution is 2.21. The van der Waals surface area contributed by atoms with E-state index in [1.54, 1.807) is 26.0 Å². The van der Waals surface area contributed by atoms with Crippen LogP contribution in [0.1, 0.15) is 39.2 Å². The zero-order chi connectivity index (χ0) is 17.3. The molecule has 0 saturated carbocycles. The number of amides is 1. The Hall–Kier alpha value is -2.61. The highest BCUT2D eigenvalue weighted by molar-refractivity contribution is 7.13. The molecule has 124 valence electrons. The molecule has 0 fully saturated rings. The van der Waals surface area contributed by atoms with Crippen molar-refractivity contribution >= 4 is 17.2 Å². The molecule has 3 rings (SSSR count). The average Bonchev–Trinajstić information content (AvgIpc) is 3.14. The fraction of sp³-hybridized carbons (Fsp3) is 0.250. The SMILES string of the molecule is Cc1nc(C)c(C(=O)N[C@H](C)c2nc(-c3cccc(F)c3)no2)s1. The number of aryl methyl sites for hydroxylation is 2. The molecule has 24 heavy (non-hydrogen) atoms. The van der Waals surface area contributed by atoms with Gasteiger partial charge in [0.15, 0.2) is 0 Å². The highest BCUT2D eigenvalue weighted by Gasteiger charge is 2.21. The molecular formula is C16H15FN4O2S. The molecule has 0 aliphatic carbocycles. The second-order valence-electron chi connectivity index (χ2n) is 5.31. The van der Waals surface area contributed by atoms with Gasteiger partial charge >= 0.3 is 0 Å². The first-order valence-electron chi connectivity index (χ1n) is 7.28. The van der Waals surface area contributed by atoms with Gasteiger partial charge in [-0.2, -0.15) is 4.98 Å². The number of benzene rings is 1.